The summed E-state index contributed by atoms with van der Waals surface area (Å²) in [5, 5.41) is 2.28. The molecule has 154 valence electrons. The highest BCUT2D eigenvalue weighted by Gasteiger charge is 2.19. The lowest BCUT2D eigenvalue weighted by atomic mass is 10.1. The van der Waals surface area contributed by atoms with Crippen LogP contribution in [0.2, 0.25) is 0 Å². The molecule has 30 heavy (non-hydrogen) atoms. The molecule has 0 aliphatic carbocycles. The van der Waals surface area contributed by atoms with E-state index in [-0.39, 0.29) is 0 Å². The molecule has 0 aliphatic heterocycles. The summed E-state index contributed by atoms with van der Waals surface area (Å²) in [7, 11) is 4.71. The number of nitrogens with zero attached hydrogens (tertiary/aromatic N) is 2. The first-order valence-electron chi connectivity index (χ1n) is 9.48. The summed E-state index contributed by atoms with van der Waals surface area (Å²) >= 11 is 1.49. The van der Waals surface area contributed by atoms with Gasteiger partial charge in [0.2, 0.25) is 0 Å². The first kappa shape index (κ1) is 20.1. The van der Waals surface area contributed by atoms with Gasteiger partial charge in [-0.05, 0) is 23.6 Å². The normalized spacial score (nSPS) is 11.9. The third-order valence-electron chi connectivity index (χ3n) is 4.93. The number of aromatic nitrogens is 1. The van der Waals surface area contributed by atoms with Crippen molar-refractivity contribution in [2.75, 3.05) is 27.9 Å². The van der Waals surface area contributed by atoms with E-state index >= 15 is 0 Å². The lowest BCUT2D eigenvalue weighted by Crippen LogP contribution is -2.19. The Bertz CT molecular complexity index is 1270. The van der Waals surface area contributed by atoms with Crippen LogP contribution in [0.4, 0.5) is 0 Å². The molecule has 3 aromatic carbocycles. The van der Waals surface area contributed by atoms with Gasteiger partial charge in [0, 0.05) is 19.0 Å². The second kappa shape index (κ2) is 8.69. The molecule has 7 heteroatoms. The Hall–Kier alpha value is -3.16. The summed E-state index contributed by atoms with van der Waals surface area (Å²) in [5.74, 6) is 0.447. The number of benzene rings is 3. The van der Waals surface area contributed by atoms with Crippen LogP contribution in [-0.2, 0) is 11.3 Å². The van der Waals surface area contributed by atoms with Crippen molar-refractivity contribution >= 4 is 38.2 Å². The van der Waals surface area contributed by atoms with E-state index in [0.29, 0.717) is 35.0 Å². The first-order chi connectivity index (χ1) is 14.7. The van der Waals surface area contributed by atoms with E-state index in [1.54, 1.807) is 25.3 Å². The lowest BCUT2D eigenvalue weighted by Gasteiger charge is -2.10. The van der Waals surface area contributed by atoms with E-state index in [2.05, 4.69) is 29.3 Å². The van der Waals surface area contributed by atoms with Gasteiger partial charge in [0.25, 0.3) is 5.91 Å². The summed E-state index contributed by atoms with van der Waals surface area (Å²) < 4.78 is 19.1. The fourth-order valence-electron chi connectivity index (χ4n) is 3.49. The molecule has 0 bridgehead atoms. The summed E-state index contributed by atoms with van der Waals surface area (Å²) in [5.41, 5.74) is 1.33. The summed E-state index contributed by atoms with van der Waals surface area (Å²) in [6.07, 6.45) is 0. The quantitative estimate of drug-likeness (QED) is 0.466. The van der Waals surface area contributed by atoms with Crippen LogP contribution in [0.25, 0.3) is 21.0 Å². The molecule has 0 unspecified atom stereocenters. The smallest absolute Gasteiger partial charge is 0.287 e. The van der Waals surface area contributed by atoms with E-state index in [0.717, 1.165) is 21.0 Å². The third-order valence-corrected chi connectivity index (χ3v) is 6.06. The van der Waals surface area contributed by atoms with Gasteiger partial charge in [0.15, 0.2) is 4.80 Å². The molecule has 1 amide bonds. The van der Waals surface area contributed by atoms with Crippen molar-refractivity contribution in [2.24, 2.45) is 4.99 Å². The Morgan fingerprint density at radius 3 is 2.40 bits per heavy atom. The van der Waals surface area contributed by atoms with Crippen LogP contribution >= 0.6 is 11.3 Å². The van der Waals surface area contributed by atoms with E-state index in [1.807, 2.05) is 16.7 Å². The van der Waals surface area contributed by atoms with Gasteiger partial charge >= 0.3 is 0 Å². The maximum atomic E-state index is 13.2. The predicted molar refractivity (Wildman–Crippen MR) is 119 cm³/mol. The molecule has 0 N–H and O–H groups in total. The number of carbonyl (C=O) groups is 1. The summed E-state index contributed by atoms with van der Waals surface area (Å²) in [6, 6.07) is 17.6. The lowest BCUT2D eigenvalue weighted by molar-refractivity contribution is 0.0991. The topological polar surface area (TPSA) is 62.1 Å². The number of thiazole rings is 1. The van der Waals surface area contributed by atoms with Crippen LogP contribution in [0, 0.1) is 0 Å². The Labute approximate surface area is 178 Å². The maximum absolute atomic E-state index is 13.2. The van der Waals surface area contributed by atoms with Gasteiger partial charge in [-0.3, -0.25) is 4.79 Å². The largest absolute Gasteiger partial charge is 0.496 e. The molecule has 0 saturated heterocycles. The van der Waals surface area contributed by atoms with Gasteiger partial charge in [-0.15, -0.1) is 0 Å². The van der Waals surface area contributed by atoms with E-state index in [4.69, 9.17) is 14.2 Å². The molecule has 1 aromatic heterocycles. The fraction of sp³-hybridized carbons (Fsp3) is 0.217. The van der Waals surface area contributed by atoms with E-state index < -0.39 is 5.91 Å². The van der Waals surface area contributed by atoms with Gasteiger partial charge in [0.05, 0.1) is 31.0 Å². The van der Waals surface area contributed by atoms with Crippen molar-refractivity contribution in [1.82, 2.24) is 4.57 Å². The zero-order valence-electron chi connectivity index (χ0n) is 17.0. The van der Waals surface area contributed by atoms with Crippen molar-refractivity contribution in [3.05, 3.63) is 65.0 Å². The molecule has 0 atom stereocenters. The maximum Gasteiger partial charge on any atom is 0.287 e. The van der Waals surface area contributed by atoms with Crippen LogP contribution < -0.4 is 14.3 Å². The second-order valence-electron chi connectivity index (χ2n) is 6.62. The van der Waals surface area contributed by atoms with Crippen molar-refractivity contribution in [2.45, 2.75) is 6.54 Å². The minimum atomic E-state index is -0.411. The molecular weight excluding hydrogens is 400 g/mol. The molecule has 0 spiro atoms. The van der Waals surface area contributed by atoms with Crippen LogP contribution in [0.3, 0.4) is 0 Å². The third kappa shape index (κ3) is 3.58. The monoisotopic (exact) mass is 422 g/mol. The fourth-order valence-corrected chi connectivity index (χ4v) is 4.68. The number of fused-ring (bicyclic) bond motifs is 3. The highest BCUT2D eigenvalue weighted by molar-refractivity contribution is 7.17. The minimum Gasteiger partial charge on any atom is -0.496 e. The van der Waals surface area contributed by atoms with Gasteiger partial charge in [-0.2, -0.15) is 4.99 Å². The summed E-state index contributed by atoms with van der Waals surface area (Å²) in [6.45, 7) is 1.10. The Kier molecular flexibility index (Phi) is 5.83. The minimum absolute atomic E-state index is 0.308. The molecule has 0 radical (unpaired) electrons. The molecule has 0 saturated carbocycles. The Morgan fingerprint density at radius 2 is 1.70 bits per heavy atom. The standard InChI is InChI=1S/C23H22N2O4S/c1-27-14-13-25-17-12-11-15-7-4-5-8-16(15)21(17)30-23(25)24-22(26)20-18(28-2)9-6-10-19(20)29-3/h4-12H,13-14H2,1-3H3. The van der Waals surface area contributed by atoms with E-state index in [9.17, 15) is 4.79 Å². The number of amides is 1. The zero-order valence-corrected chi connectivity index (χ0v) is 17.9. The Morgan fingerprint density at radius 1 is 0.967 bits per heavy atom. The first-order valence-corrected chi connectivity index (χ1v) is 10.3. The number of rotatable bonds is 6. The molecule has 0 aliphatic rings. The Balaban J connectivity index is 1.94. The molecule has 4 aromatic rings. The van der Waals surface area contributed by atoms with Gasteiger partial charge in [-0.1, -0.05) is 47.7 Å². The number of hydrogen-bond acceptors (Lipinski definition) is 5. The number of methoxy groups -OCH3 is 3. The van der Waals surface area contributed by atoms with Crippen LogP contribution in [-0.4, -0.2) is 38.4 Å². The van der Waals surface area contributed by atoms with E-state index in [1.165, 1.54) is 25.6 Å². The van der Waals surface area contributed by atoms with Gasteiger partial charge in [0.1, 0.15) is 17.1 Å². The molecular formula is C23H22N2O4S. The number of hydrogen-bond donors (Lipinski definition) is 0. The number of ether oxygens (including phenoxy) is 3. The molecule has 0 fully saturated rings. The zero-order chi connectivity index (χ0) is 21.1. The molecule has 4 rings (SSSR count). The predicted octanol–water partition coefficient (Wildman–Crippen LogP) is 4.26. The highest BCUT2D eigenvalue weighted by atomic mass is 32.1. The molecule has 1 heterocycles. The van der Waals surface area contributed by atoms with Crippen LogP contribution in [0.1, 0.15) is 10.4 Å². The average molecular weight is 423 g/mol. The van der Waals surface area contributed by atoms with Gasteiger partial charge < -0.3 is 18.8 Å². The second-order valence-corrected chi connectivity index (χ2v) is 7.60. The highest BCUT2D eigenvalue weighted by Crippen LogP contribution is 2.30. The average Bonchev–Trinajstić information content (AvgIpc) is 3.14. The van der Waals surface area contributed by atoms with Crippen LogP contribution in [0.15, 0.2) is 59.6 Å². The SMILES string of the molecule is COCCn1c(=NC(=O)c2c(OC)cccc2OC)sc2c3ccccc3ccc21. The van der Waals surface area contributed by atoms with Crippen molar-refractivity contribution in [3.63, 3.8) is 0 Å². The van der Waals surface area contributed by atoms with Crippen molar-refractivity contribution < 1.29 is 19.0 Å². The summed E-state index contributed by atoms with van der Waals surface area (Å²) in [4.78, 5) is 18.3. The van der Waals surface area contributed by atoms with Gasteiger partial charge in [-0.25, -0.2) is 0 Å². The number of carbonyl (C=O) groups excluding carboxylic acids is 1. The van der Waals surface area contributed by atoms with Crippen molar-refractivity contribution in [1.29, 1.82) is 0 Å². The molecule has 6 nitrogen and oxygen atoms in total. The van der Waals surface area contributed by atoms with Crippen LogP contribution in [0.5, 0.6) is 11.5 Å². The van der Waals surface area contributed by atoms with Crippen molar-refractivity contribution in [3.8, 4) is 11.5 Å².